The largest absolute Gasteiger partial charge is 0.340 e. The molecule has 3 saturated heterocycles. The highest BCUT2D eigenvalue weighted by Gasteiger charge is 2.29. The van der Waals surface area contributed by atoms with Crippen LogP contribution in [0, 0.1) is 0 Å². The van der Waals surface area contributed by atoms with Gasteiger partial charge in [-0.2, -0.15) is 23.5 Å². The molecule has 0 radical (unpaired) electrons. The second kappa shape index (κ2) is 9.70. The average Bonchev–Trinajstić information content (AvgIpc) is 3.04. The van der Waals surface area contributed by atoms with Gasteiger partial charge in [0.25, 0.3) is 0 Å². The topological polar surface area (TPSA) is 26.8 Å². The van der Waals surface area contributed by atoms with Gasteiger partial charge in [-0.3, -0.25) is 14.6 Å². The highest BCUT2D eigenvalue weighted by Crippen LogP contribution is 2.22. The maximum Gasteiger partial charge on any atom is 0.239 e. The molecule has 4 nitrogen and oxygen atoms in total. The molecule has 0 N–H and O–H groups in total. The summed E-state index contributed by atoms with van der Waals surface area (Å²) in [6.07, 6.45) is 4.96. The normalized spacial score (nSPS) is 27.5. The van der Waals surface area contributed by atoms with Crippen LogP contribution in [0.2, 0.25) is 0 Å². The highest BCUT2D eigenvalue weighted by molar-refractivity contribution is 8.03. The number of piperidine rings is 1. The zero-order valence-corrected chi connectivity index (χ0v) is 16.8. The Kier molecular flexibility index (Phi) is 7.62. The van der Waals surface area contributed by atoms with Crippen molar-refractivity contribution >= 4 is 29.4 Å². The van der Waals surface area contributed by atoms with Crippen molar-refractivity contribution in [2.45, 2.75) is 44.7 Å². The van der Waals surface area contributed by atoms with Gasteiger partial charge in [0.15, 0.2) is 0 Å². The molecule has 1 atom stereocenters. The number of carbonyl (C=O) groups is 1. The number of carbonyl (C=O) groups excluding carboxylic acids is 1. The van der Waals surface area contributed by atoms with E-state index >= 15 is 0 Å². The van der Waals surface area contributed by atoms with Crippen molar-refractivity contribution in [2.75, 3.05) is 62.3 Å². The fourth-order valence-electron chi connectivity index (χ4n) is 4.06. The Bertz CT molecular complexity index is 396. The molecule has 3 heterocycles. The highest BCUT2D eigenvalue weighted by atomic mass is 32.2. The molecule has 138 valence electrons. The van der Waals surface area contributed by atoms with E-state index in [4.69, 9.17) is 0 Å². The van der Waals surface area contributed by atoms with Crippen LogP contribution in [0.15, 0.2) is 0 Å². The van der Waals surface area contributed by atoms with Crippen LogP contribution in [0.1, 0.15) is 32.6 Å². The zero-order valence-electron chi connectivity index (χ0n) is 15.1. The lowest BCUT2D eigenvalue weighted by molar-refractivity contribution is -0.136. The Labute approximate surface area is 156 Å². The van der Waals surface area contributed by atoms with Crippen LogP contribution in [0.3, 0.4) is 0 Å². The summed E-state index contributed by atoms with van der Waals surface area (Å²) >= 11 is 4.21. The first-order valence-corrected chi connectivity index (χ1v) is 12.0. The molecule has 0 aromatic heterocycles. The number of likely N-dealkylation sites (tertiary alicyclic amines) is 1. The molecular weight excluding hydrogens is 338 g/mol. The number of hydrogen-bond acceptors (Lipinski definition) is 5. The summed E-state index contributed by atoms with van der Waals surface area (Å²) in [6, 6.07) is 0.776. The van der Waals surface area contributed by atoms with E-state index in [-0.39, 0.29) is 6.04 Å². The summed E-state index contributed by atoms with van der Waals surface area (Å²) < 4.78 is 0. The van der Waals surface area contributed by atoms with Gasteiger partial charge in [0, 0.05) is 55.2 Å². The van der Waals surface area contributed by atoms with Crippen molar-refractivity contribution in [3.8, 4) is 0 Å². The van der Waals surface area contributed by atoms with Gasteiger partial charge in [0.1, 0.15) is 0 Å². The number of amides is 1. The van der Waals surface area contributed by atoms with E-state index in [9.17, 15) is 4.79 Å². The predicted molar refractivity (Wildman–Crippen MR) is 106 cm³/mol. The summed E-state index contributed by atoms with van der Waals surface area (Å²) in [6.45, 7) is 8.41. The molecule has 3 rings (SSSR count). The minimum atomic E-state index is 0.0702. The van der Waals surface area contributed by atoms with Crippen LogP contribution in [0.25, 0.3) is 0 Å². The van der Waals surface area contributed by atoms with E-state index in [1.54, 1.807) is 0 Å². The summed E-state index contributed by atoms with van der Waals surface area (Å²) in [5.41, 5.74) is 0. The quantitative estimate of drug-likeness (QED) is 0.758. The van der Waals surface area contributed by atoms with Crippen LogP contribution >= 0.6 is 23.5 Å². The third-order valence-corrected chi connectivity index (χ3v) is 8.13. The van der Waals surface area contributed by atoms with Crippen LogP contribution < -0.4 is 0 Å². The first-order chi connectivity index (χ1) is 11.8. The molecule has 0 aromatic carbocycles. The molecule has 6 heteroatoms. The van der Waals surface area contributed by atoms with Gasteiger partial charge in [-0.25, -0.2) is 0 Å². The molecule has 0 aliphatic carbocycles. The fraction of sp³-hybridized carbons (Fsp3) is 0.944. The molecule has 0 saturated carbocycles. The van der Waals surface area contributed by atoms with Crippen molar-refractivity contribution in [3.63, 3.8) is 0 Å². The molecule has 3 aliphatic heterocycles. The van der Waals surface area contributed by atoms with Gasteiger partial charge in [0.05, 0.1) is 6.04 Å². The van der Waals surface area contributed by atoms with Gasteiger partial charge in [-0.1, -0.05) is 6.42 Å². The lowest BCUT2D eigenvalue weighted by Gasteiger charge is -2.34. The van der Waals surface area contributed by atoms with Crippen LogP contribution in [-0.2, 0) is 4.79 Å². The Morgan fingerprint density at radius 2 is 1.58 bits per heavy atom. The van der Waals surface area contributed by atoms with Crippen LogP contribution in [0.4, 0.5) is 0 Å². The van der Waals surface area contributed by atoms with E-state index in [1.165, 1.54) is 42.3 Å². The van der Waals surface area contributed by atoms with Gasteiger partial charge < -0.3 is 4.90 Å². The Hall–Kier alpha value is 0.0900. The second-order valence-corrected chi connectivity index (χ2v) is 9.59. The Balaban J connectivity index is 1.51. The lowest BCUT2D eigenvalue weighted by Crippen LogP contribution is -2.50. The van der Waals surface area contributed by atoms with Crippen molar-refractivity contribution in [1.82, 2.24) is 14.7 Å². The molecule has 0 spiro atoms. The summed E-state index contributed by atoms with van der Waals surface area (Å²) in [5, 5.41) is 0. The number of hydrogen-bond donors (Lipinski definition) is 0. The third kappa shape index (κ3) is 5.05. The van der Waals surface area contributed by atoms with Crippen LogP contribution in [-0.4, -0.2) is 95.0 Å². The van der Waals surface area contributed by atoms with Gasteiger partial charge in [-0.15, -0.1) is 0 Å². The molecule has 3 aliphatic rings. The maximum atomic E-state index is 12.9. The minimum Gasteiger partial charge on any atom is -0.340 e. The Morgan fingerprint density at radius 1 is 0.875 bits per heavy atom. The van der Waals surface area contributed by atoms with E-state index in [0.717, 1.165) is 45.7 Å². The molecule has 3 fully saturated rings. The first-order valence-electron chi connectivity index (χ1n) is 9.68. The number of nitrogens with zero attached hydrogens (tertiary/aromatic N) is 3. The van der Waals surface area contributed by atoms with Gasteiger partial charge >= 0.3 is 0 Å². The summed E-state index contributed by atoms with van der Waals surface area (Å²) in [5.74, 6) is 5.50. The fourth-order valence-corrected chi connectivity index (χ4v) is 6.69. The van der Waals surface area contributed by atoms with E-state index in [2.05, 4.69) is 45.1 Å². The number of rotatable bonds is 3. The van der Waals surface area contributed by atoms with E-state index in [0.29, 0.717) is 11.9 Å². The zero-order chi connectivity index (χ0) is 16.8. The second-order valence-electron chi connectivity index (χ2n) is 7.29. The minimum absolute atomic E-state index is 0.0702. The molecule has 0 aromatic rings. The smallest absolute Gasteiger partial charge is 0.239 e. The molecule has 24 heavy (non-hydrogen) atoms. The standard InChI is InChI=1S/C18H33N3OS2/c1-16(19-6-3-2-4-7-19)18(22)21-9-5-8-20(10-11-21)17-14-23-12-13-24-15-17/h16-17H,2-15H2,1H3. The van der Waals surface area contributed by atoms with Crippen LogP contribution in [0.5, 0.6) is 0 Å². The predicted octanol–water partition coefficient (Wildman–Crippen LogP) is 2.24. The van der Waals surface area contributed by atoms with Crippen molar-refractivity contribution in [3.05, 3.63) is 0 Å². The molecule has 0 bridgehead atoms. The first kappa shape index (κ1) is 18.9. The molecule has 1 unspecified atom stereocenters. The summed E-state index contributed by atoms with van der Waals surface area (Å²) in [4.78, 5) is 20.1. The molecular formula is C18H33N3OS2. The lowest BCUT2D eigenvalue weighted by atomic mass is 10.1. The average molecular weight is 372 g/mol. The monoisotopic (exact) mass is 371 g/mol. The SMILES string of the molecule is CC(C(=O)N1CCCN(C2CSCCSC2)CC1)N1CCCCC1. The van der Waals surface area contributed by atoms with E-state index in [1.807, 2.05) is 0 Å². The maximum absolute atomic E-state index is 12.9. The summed E-state index contributed by atoms with van der Waals surface area (Å²) in [7, 11) is 0. The van der Waals surface area contributed by atoms with Gasteiger partial charge in [-0.05, 0) is 39.3 Å². The Morgan fingerprint density at radius 3 is 2.29 bits per heavy atom. The number of thioether (sulfide) groups is 2. The van der Waals surface area contributed by atoms with Crippen molar-refractivity contribution in [1.29, 1.82) is 0 Å². The third-order valence-electron chi connectivity index (χ3n) is 5.65. The van der Waals surface area contributed by atoms with Crippen molar-refractivity contribution < 1.29 is 4.79 Å². The van der Waals surface area contributed by atoms with Crippen molar-refractivity contribution in [2.24, 2.45) is 0 Å². The van der Waals surface area contributed by atoms with Gasteiger partial charge in [0.2, 0.25) is 5.91 Å². The van der Waals surface area contributed by atoms with E-state index < -0.39 is 0 Å². The molecule has 1 amide bonds.